The number of nitrogens with zero attached hydrogens (tertiary/aromatic N) is 2. The first-order chi connectivity index (χ1) is 13.8. The van der Waals surface area contributed by atoms with Crippen molar-refractivity contribution in [2.24, 2.45) is 5.92 Å². The average molecular weight is 399 g/mol. The van der Waals surface area contributed by atoms with Crippen molar-refractivity contribution in [1.82, 2.24) is 20.4 Å². The number of H-pyrrole nitrogens is 1. The van der Waals surface area contributed by atoms with E-state index in [2.05, 4.69) is 48.4 Å². The molecule has 3 rings (SSSR count). The second-order valence-corrected chi connectivity index (χ2v) is 9.10. The number of aliphatic hydroxyl groups is 1. The van der Waals surface area contributed by atoms with Crippen LogP contribution in [0.15, 0.2) is 36.4 Å². The number of amides is 2. The normalized spacial score (nSPS) is 16.6. The van der Waals surface area contributed by atoms with E-state index >= 15 is 0 Å². The van der Waals surface area contributed by atoms with Crippen LogP contribution >= 0.6 is 0 Å². The van der Waals surface area contributed by atoms with Gasteiger partial charge in [0.15, 0.2) is 0 Å². The summed E-state index contributed by atoms with van der Waals surface area (Å²) >= 11 is 0. The molecule has 1 aromatic carbocycles. The van der Waals surface area contributed by atoms with Crippen molar-refractivity contribution in [3.63, 3.8) is 0 Å². The third-order valence-corrected chi connectivity index (χ3v) is 5.77. The molecule has 0 aliphatic carbocycles. The van der Waals surface area contributed by atoms with E-state index in [1.54, 1.807) is 0 Å². The molecule has 3 N–H and O–H groups in total. The number of hydrogen-bond acceptors (Lipinski definition) is 3. The van der Waals surface area contributed by atoms with Crippen molar-refractivity contribution in [3.05, 3.63) is 53.3 Å². The molecule has 29 heavy (non-hydrogen) atoms. The third kappa shape index (κ3) is 6.07. The highest BCUT2D eigenvalue weighted by molar-refractivity contribution is 5.74. The van der Waals surface area contributed by atoms with Gasteiger partial charge < -0.3 is 15.3 Å². The van der Waals surface area contributed by atoms with Gasteiger partial charge in [0.25, 0.3) is 0 Å². The Labute approximate surface area is 173 Å². The van der Waals surface area contributed by atoms with Gasteiger partial charge in [-0.2, -0.15) is 5.10 Å². The van der Waals surface area contributed by atoms with Crippen LogP contribution in [0.1, 0.15) is 57.0 Å². The molecule has 0 spiro atoms. The highest BCUT2D eigenvalue weighted by atomic mass is 16.3. The van der Waals surface area contributed by atoms with Gasteiger partial charge in [-0.1, -0.05) is 51.1 Å². The van der Waals surface area contributed by atoms with Gasteiger partial charge in [-0.05, 0) is 43.2 Å². The maximum absolute atomic E-state index is 12.5. The van der Waals surface area contributed by atoms with Crippen molar-refractivity contribution in [2.75, 3.05) is 13.1 Å². The Balaban J connectivity index is 1.39. The van der Waals surface area contributed by atoms with Gasteiger partial charge in [0.1, 0.15) is 0 Å². The Kier molecular flexibility index (Phi) is 6.96. The number of aromatic amines is 1. The zero-order valence-electron chi connectivity index (χ0n) is 17.8. The second-order valence-electron chi connectivity index (χ2n) is 9.10. The Hall–Kier alpha value is -2.34. The summed E-state index contributed by atoms with van der Waals surface area (Å²) in [4.78, 5) is 14.3. The maximum Gasteiger partial charge on any atom is 0.317 e. The lowest BCUT2D eigenvalue weighted by Gasteiger charge is -2.34. The first kappa shape index (κ1) is 21.4. The van der Waals surface area contributed by atoms with Gasteiger partial charge in [0.2, 0.25) is 0 Å². The molecule has 1 aliphatic rings. The molecule has 1 aromatic heterocycles. The fourth-order valence-electron chi connectivity index (χ4n) is 3.80. The molecule has 6 nitrogen and oxygen atoms in total. The minimum absolute atomic E-state index is 0.0119. The van der Waals surface area contributed by atoms with Crippen LogP contribution in [0.4, 0.5) is 4.79 Å². The van der Waals surface area contributed by atoms with Crippen molar-refractivity contribution in [3.8, 4) is 0 Å². The lowest BCUT2D eigenvalue weighted by molar-refractivity contribution is 0.0610. The number of piperidine rings is 1. The van der Waals surface area contributed by atoms with Crippen LogP contribution in [0.25, 0.3) is 0 Å². The quantitative estimate of drug-likeness (QED) is 0.695. The minimum atomic E-state index is -0.304. The number of benzene rings is 1. The van der Waals surface area contributed by atoms with Gasteiger partial charge in [-0.15, -0.1) is 0 Å². The fraction of sp³-hybridized carbons (Fsp3) is 0.565. The molecule has 1 fully saturated rings. The Morgan fingerprint density at radius 1 is 1.28 bits per heavy atom. The molecular formula is C23H34N4O2. The molecule has 0 radical (unpaired) electrons. The average Bonchev–Trinajstić information content (AvgIpc) is 3.21. The number of aromatic nitrogens is 2. The lowest BCUT2D eigenvalue weighted by atomic mass is 9.88. The topological polar surface area (TPSA) is 81.3 Å². The van der Waals surface area contributed by atoms with E-state index in [0.29, 0.717) is 19.6 Å². The molecule has 2 amide bonds. The van der Waals surface area contributed by atoms with E-state index in [1.165, 1.54) is 5.56 Å². The van der Waals surface area contributed by atoms with Crippen LogP contribution < -0.4 is 5.32 Å². The molecule has 1 saturated heterocycles. The van der Waals surface area contributed by atoms with E-state index in [9.17, 15) is 9.90 Å². The number of aryl methyl sites for hydroxylation is 1. The molecule has 1 atom stereocenters. The largest absolute Gasteiger partial charge is 0.393 e. The second kappa shape index (κ2) is 9.44. The number of likely N-dealkylation sites (tertiary alicyclic amines) is 1. The Bertz CT molecular complexity index is 774. The fourth-order valence-corrected chi connectivity index (χ4v) is 3.80. The molecule has 1 aliphatic heterocycles. The molecule has 2 aromatic rings. The van der Waals surface area contributed by atoms with Crippen LogP contribution in [-0.2, 0) is 18.4 Å². The number of nitrogens with one attached hydrogen (secondary N) is 2. The third-order valence-electron chi connectivity index (χ3n) is 5.77. The zero-order chi connectivity index (χ0) is 20.9. The predicted octanol–water partition coefficient (Wildman–Crippen LogP) is 3.62. The molecule has 0 bridgehead atoms. The first-order valence-electron chi connectivity index (χ1n) is 10.6. The Morgan fingerprint density at radius 2 is 1.97 bits per heavy atom. The summed E-state index contributed by atoms with van der Waals surface area (Å²) in [6, 6.07) is 12.2. The van der Waals surface area contributed by atoms with E-state index in [-0.39, 0.29) is 23.5 Å². The summed E-state index contributed by atoms with van der Waals surface area (Å²) in [5.74, 6) is 0.268. The summed E-state index contributed by atoms with van der Waals surface area (Å²) < 4.78 is 0. The summed E-state index contributed by atoms with van der Waals surface area (Å²) in [5.41, 5.74) is 3.15. The van der Waals surface area contributed by atoms with Gasteiger partial charge in [0, 0.05) is 18.5 Å². The summed E-state index contributed by atoms with van der Waals surface area (Å²) in [6.07, 6.45) is 3.06. The SMILES string of the molecule is CC(C)(C)c1cc(CNC(=O)N2CCC([C@H](O)CCc3ccccc3)CC2)[nH]n1. The number of carbonyl (C=O) groups is 1. The molecule has 0 unspecified atom stereocenters. The van der Waals surface area contributed by atoms with Gasteiger partial charge >= 0.3 is 6.03 Å². The summed E-state index contributed by atoms with van der Waals surface area (Å²) in [5, 5.41) is 20.9. The van der Waals surface area contributed by atoms with Gasteiger partial charge in [-0.25, -0.2) is 4.79 Å². The van der Waals surface area contributed by atoms with E-state index in [4.69, 9.17) is 0 Å². The van der Waals surface area contributed by atoms with E-state index < -0.39 is 0 Å². The molecule has 0 saturated carbocycles. The van der Waals surface area contributed by atoms with Crippen LogP contribution in [0.5, 0.6) is 0 Å². The lowest BCUT2D eigenvalue weighted by Crippen LogP contribution is -2.45. The standard InChI is InChI=1S/C23H34N4O2/c1-23(2,3)21-15-19(25-26-21)16-24-22(29)27-13-11-18(12-14-27)20(28)10-9-17-7-5-4-6-8-17/h4-8,15,18,20,28H,9-14,16H2,1-3H3,(H,24,29)(H,25,26)/t20-/m1/s1. The van der Waals surface area contributed by atoms with Crippen LogP contribution in [0.2, 0.25) is 0 Å². The monoisotopic (exact) mass is 398 g/mol. The highest BCUT2D eigenvalue weighted by Gasteiger charge is 2.27. The molecule has 6 heteroatoms. The maximum atomic E-state index is 12.5. The minimum Gasteiger partial charge on any atom is -0.393 e. The van der Waals surface area contributed by atoms with Crippen LogP contribution in [0.3, 0.4) is 0 Å². The summed E-state index contributed by atoms with van der Waals surface area (Å²) in [6.45, 7) is 8.17. The summed E-state index contributed by atoms with van der Waals surface area (Å²) in [7, 11) is 0. The zero-order valence-corrected chi connectivity index (χ0v) is 17.8. The van der Waals surface area contributed by atoms with Crippen molar-refractivity contribution in [2.45, 2.75) is 64.5 Å². The van der Waals surface area contributed by atoms with E-state index in [0.717, 1.165) is 37.1 Å². The molecule has 2 heterocycles. The molecule has 158 valence electrons. The highest BCUT2D eigenvalue weighted by Crippen LogP contribution is 2.24. The number of rotatable bonds is 6. The van der Waals surface area contributed by atoms with Crippen LogP contribution in [0, 0.1) is 5.92 Å². The first-order valence-corrected chi connectivity index (χ1v) is 10.6. The molecular weight excluding hydrogens is 364 g/mol. The van der Waals surface area contributed by atoms with E-state index in [1.807, 2.05) is 29.2 Å². The Morgan fingerprint density at radius 3 is 2.59 bits per heavy atom. The van der Waals surface area contributed by atoms with Crippen molar-refractivity contribution in [1.29, 1.82) is 0 Å². The van der Waals surface area contributed by atoms with Gasteiger partial charge in [-0.3, -0.25) is 5.10 Å². The number of urea groups is 1. The number of carbonyl (C=O) groups excluding carboxylic acids is 1. The van der Waals surface area contributed by atoms with Gasteiger partial charge in [0.05, 0.1) is 24.0 Å². The number of aliphatic hydroxyl groups excluding tert-OH is 1. The van der Waals surface area contributed by atoms with Crippen molar-refractivity contribution < 1.29 is 9.90 Å². The van der Waals surface area contributed by atoms with Crippen LogP contribution in [-0.4, -0.2) is 45.4 Å². The van der Waals surface area contributed by atoms with Crippen molar-refractivity contribution >= 4 is 6.03 Å². The smallest absolute Gasteiger partial charge is 0.317 e. The predicted molar refractivity (Wildman–Crippen MR) is 115 cm³/mol. The number of hydrogen-bond donors (Lipinski definition) is 3.